The highest BCUT2D eigenvalue weighted by Gasteiger charge is 2.06. The predicted octanol–water partition coefficient (Wildman–Crippen LogP) is 4.09. The van der Waals surface area contributed by atoms with Gasteiger partial charge in [-0.3, -0.25) is 10.2 Å². The summed E-state index contributed by atoms with van der Waals surface area (Å²) >= 11 is 0. The van der Waals surface area contributed by atoms with Crippen molar-refractivity contribution in [3.05, 3.63) is 95.1 Å². The fourth-order valence-electron chi connectivity index (χ4n) is 2.93. The maximum absolute atomic E-state index is 12.3. The number of aromatic hydroxyl groups is 1. The minimum Gasteiger partial charge on any atom is -0.507 e. The van der Waals surface area contributed by atoms with Crippen molar-refractivity contribution >= 4 is 17.8 Å². The molecule has 1 amide bonds. The van der Waals surface area contributed by atoms with E-state index >= 15 is 0 Å². The van der Waals surface area contributed by atoms with Crippen molar-refractivity contribution in [2.24, 2.45) is 5.73 Å². The topological polar surface area (TPSA) is 99.2 Å². The Morgan fingerprint density at radius 3 is 2.45 bits per heavy atom. The minimum atomic E-state index is -0.174. The van der Waals surface area contributed by atoms with E-state index in [0.717, 1.165) is 11.1 Å². The average molecular weight is 385 g/mol. The molecule has 3 aromatic carbocycles. The fourth-order valence-corrected chi connectivity index (χ4v) is 2.93. The third-order valence-corrected chi connectivity index (χ3v) is 4.51. The number of aryl methyl sites for hydroxylation is 1. The molecule has 0 spiro atoms. The van der Waals surface area contributed by atoms with Crippen LogP contribution in [-0.2, 0) is 0 Å². The van der Waals surface area contributed by atoms with Gasteiger partial charge in [0.25, 0.3) is 5.91 Å². The van der Waals surface area contributed by atoms with Crippen LogP contribution in [-0.4, -0.2) is 23.4 Å². The maximum Gasteiger partial charge on any atom is 0.251 e. The van der Waals surface area contributed by atoms with E-state index in [0.29, 0.717) is 23.2 Å². The lowest BCUT2D eigenvalue weighted by Crippen LogP contribution is -2.23. The number of amidine groups is 1. The van der Waals surface area contributed by atoms with Crippen molar-refractivity contribution in [2.45, 2.75) is 6.92 Å². The van der Waals surface area contributed by atoms with E-state index in [1.165, 1.54) is 11.6 Å². The lowest BCUT2D eigenvalue weighted by Gasteiger charge is -2.06. The fraction of sp³-hybridized carbons (Fsp3) is 0.0833. The van der Waals surface area contributed by atoms with Gasteiger partial charge in [0.1, 0.15) is 11.6 Å². The summed E-state index contributed by atoms with van der Waals surface area (Å²) in [4.78, 5) is 12.3. The normalized spacial score (nSPS) is 10.8. The summed E-state index contributed by atoms with van der Waals surface area (Å²) in [5.41, 5.74) is 10.5. The quantitative estimate of drug-likeness (QED) is 0.380. The summed E-state index contributed by atoms with van der Waals surface area (Å²) in [6.45, 7) is 2.36. The molecule has 0 radical (unpaired) electrons. The molecule has 5 heteroatoms. The Hall–Kier alpha value is -3.86. The molecule has 0 aliphatic heterocycles. The molecule has 0 unspecified atom stereocenters. The number of nitrogens with one attached hydrogen (secondary N) is 2. The Morgan fingerprint density at radius 1 is 1.03 bits per heavy atom. The summed E-state index contributed by atoms with van der Waals surface area (Å²) in [5, 5.41) is 20.2. The number of carbonyl (C=O) groups is 1. The Balaban J connectivity index is 1.60. The van der Waals surface area contributed by atoms with E-state index in [-0.39, 0.29) is 17.5 Å². The van der Waals surface area contributed by atoms with Crippen molar-refractivity contribution in [2.75, 3.05) is 6.54 Å². The van der Waals surface area contributed by atoms with Crippen LogP contribution in [0.25, 0.3) is 17.2 Å². The number of rotatable bonds is 6. The van der Waals surface area contributed by atoms with Crippen molar-refractivity contribution in [3.8, 4) is 16.9 Å². The molecular formula is C24H23N3O2. The van der Waals surface area contributed by atoms with Gasteiger partial charge in [-0.15, -0.1) is 0 Å². The van der Waals surface area contributed by atoms with Crippen molar-refractivity contribution in [1.29, 1.82) is 5.41 Å². The highest BCUT2D eigenvalue weighted by Crippen LogP contribution is 2.21. The van der Waals surface area contributed by atoms with E-state index in [1.807, 2.05) is 24.3 Å². The molecule has 0 aliphatic rings. The Morgan fingerprint density at radius 2 is 1.76 bits per heavy atom. The van der Waals surface area contributed by atoms with Gasteiger partial charge in [-0.25, -0.2) is 0 Å². The van der Waals surface area contributed by atoms with E-state index in [4.69, 9.17) is 11.1 Å². The lowest BCUT2D eigenvalue weighted by molar-refractivity contribution is 0.0958. The van der Waals surface area contributed by atoms with Crippen molar-refractivity contribution in [1.82, 2.24) is 5.32 Å². The van der Waals surface area contributed by atoms with Gasteiger partial charge in [-0.2, -0.15) is 0 Å². The number of hydrogen-bond acceptors (Lipinski definition) is 3. The monoisotopic (exact) mass is 385 g/mol. The molecule has 0 saturated heterocycles. The summed E-state index contributed by atoms with van der Waals surface area (Å²) < 4.78 is 0. The molecule has 0 fully saturated rings. The molecular weight excluding hydrogens is 362 g/mol. The molecule has 3 rings (SSSR count). The smallest absolute Gasteiger partial charge is 0.251 e. The highest BCUT2D eigenvalue weighted by molar-refractivity contribution is 5.96. The van der Waals surface area contributed by atoms with Gasteiger partial charge < -0.3 is 16.2 Å². The molecule has 0 heterocycles. The first-order valence-corrected chi connectivity index (χ1v) is 9.23. The van der Waals surface area contributed by atoms with Gasteiger partial charge in [-0.1, -0.05) is 54.1 Å². The third kappa shape index (κ3) is 5.11. The summed E-state index contributed by atoms with van der Waals surface area (Å²) in [5.74, 6) is -0.154. The number of hydrogen-bond donors (Lipinski definition) is 4. The number of benzene rings is 3. The second-order valence-corrected chi connectivity index (χ2v) is 6.75. The highest BCUT2D eigenvalue weighted by atomic mass is 16.3. The SMILES string of the molecule is Cc1cccc(-c2ccc(C(=O)NC/C=C/c3cc(C(=N)N)ccc3O)cc2)c1. The maximum atomic E-state index is 12.3. The van der Waals surface area contributed by atoms with Crippen LogP contribution in [0, 0.1) is 12.3 Å². The second-order valence-electron chi connectivity index (χ2n) is 6.75. The van der Waals surface area contributed by atoms with Crippen LogP contribution in [0.4, 0.5) is 0 Å². The zero-order valence-corrected chi connectivity index (χ0v) is 16.1. The Labute approximate surface area is 170 Å². The van der Waals surface area contributed by atoms with Gasteiger partial charge in [0.05, 0.1) is 0 Å². The van der Waals surface area contributed by atoms with Crippen LogP contribution >= 0.6 is 0 Å². The van der Waals surface area contributed by atoms with Crippen LogP contribution in [0.15, 0.2) is 72.8 Å². The minimum absolute atomic E-state index is 0.0675. The van der Waals surface area contributed by atoms with Gasteiger partial charge in [0, 0.05) is 23.2 Å². The molecule has 5 N–H and O–H groups in total. The second kappa shape index (κ2) is 8.89. The molecule has 0 saturated carbocycles. The van der Waals surface area contributed by atoms with Gasteiger partial charge in [0.15, 0.2) is 0 Å². The molecule has 5 nitrogen and oxygen atoms in total. The first kappa shape index (κ1) is 19.9. The standard InChI is InChI=1S/C24H23N3O2/c1-16-4-2-5-19(14-16)17-7-9-18(10-8-17)24(29)27-13-3-6-20-15-21(23(25)26)11-12-22(20)28/h2-12,14-15,28H,13H2,1H3,(H3,25,26)(H,27,29)/b6-3+. The van der Waals surface area contributed by atoms with E-state index in [2.05, 4.69) is 24.4 Å². The van der Waals surface area contributed by atoms with Gasteiger partial charge >= 0.3 is 0 Å². The van der Waals surface area contributed by atoms with Crippen LogP contribution in [0.5, 0.6) is 5.75 Å². The number of phenols is 1. The zero-order chi connectivity index (χ0) is 20.8. The van der Waals surface area contributed by atoms with Gasteiger partial charge in [-0.05, 0) is 48.4 Å². The van der Waals surface area contributed by atoms with Crippen molar-refractivity contribution < 1.29 is 9.90 Å². The molecule has 146 valence electrons. The lowest BCUT2D eigenvalue weighted by atomic mass is 10.0. The summed E-state index contributed by atoms with van der Waals surface area (Å²) in [7, 11) is 0. The molecule has 29 heavy (non-hydrogen) atoms. The largest absolute Gasteiger partial charge is 0.507 e. The summed E-state index contributed by atoms with van der Waals surface area (Å²) in [6.07, 6.45) is 3.42. The number of phenolic OH excluding ortho intramolecular Hbond substituents is 1. The first-order valence-electron chi connectivity index (χ1n) is 9.23. The van der Waals surface area contributed by atoms with Crippen LogP contribution < -0.4 is 11.1 Å². The molecule has 0 atom stereocenters. The van der Waals surface area contributed by atoms with Crippen LogP contribution in [0.3, 0.4) is 0 Å². The third-order valence-electron chi connectivity index (χ3n) is 4.51. The van der Waals surface area contributed by atoms with E-state index < -0.39 is 0 Å². The Bertz CT molecular complexity index is 1070. The molecule has 0 bridgehead atoms. The average Bonchev–Trinajstić information content (AvgIpc) is 2.72. The number of nitrogens with two attached hydrogens (primary N) is 1. The van der Waals surface area contributed by atoms with Crippen molar-refractivity contribution in [3.63, 3.8) is 0 Å². The molecule has 0 aliphatic carbocycles. The number of amides is 1. The number of nitrogen functional groups attached to an aromatic ring is 1. The van der Waals surface area contributed by atoms with Crippen LogP contribution in [0.1, 0.15) is 27.0 Å². The van der Waals surface area contributed by atoms with Crippen LogP contribution in [0.2, 0.25) is 0 Å². The molecule has 3 aromatic rings. The van der Waals surface area contributed by atoms with E-state index in [1.54, 1.807) is 36.4 Å². The van der Waals surface area contributed by atoms with Gasteiger partial charge in [0.2, 0.25) is 0 Å². The van der Waals surface area contributed by atoms with E-state index in [9.17, 15) is 9.90 Å². The molecule has 0 aromatic heterocycles. The predicted molar refractivity (Wildman–Crippen MR) is 117 cm³/mol. The number of carbonyl (C=O) groups excluding carboxylic acids is 1. The Kier molecular flexibility index (Phi) is 6.09. The zero-order valence-electron chi connectivity index (χ0n) is 16.1. The first-order chi connectivity index (χ1) is 13.9. The summed E-state index contributed by atoms with van der Waals surface area (Å²) in [6, 6.07) is 20.4.